The molecule has 1 aromatic rings. The first-order valence-electron chi connectivity index (χ1n) is 7.52. The Balaban J connectivity index is 2.28. The molecule has 2 N–H and O–H groups in total. The van der Waals surface area contributed by atoms with Crippen molar-refractivity contribution < 1.29 is 14.3 Å². The molecule has 0 spiro atoms. The van der Waals surface area contributed by atoms with Gasteiger partial charge in [0.2, 0.25) is 0 Å². The highest BCUT2D eigenvalue weighted by Gasteiger charge is 2.39. The molecule has 0 bridgehead atoms. The van der Waals surface area contributed by atoms with Crippen LogP contribution in [0.4, 0.5) is 4.79 Å². The summed E-state index contributed by atoms with van der Waals surface area (Å²) in [6, 6.07) is 3.71. The molecule has 0 radical (unpaired) electrons. The summed E-state index contributed by atoms with van der Waals surface area (Å²) in [5.74, 6) is 0. The monoisotopic (exact) mass is 307 g/mol. The number of rotatable bonds is 3. The lowest BCUT2D eigenvalue weighted by molar-refractivity contribution is 0.0194. The van der Waals surface area contributed by atoms with E-state index >= 15 is 0 Å². The van der Waals surface area contributed by atoms with E-state index < -0.39 is 5.60 Å². The number of carbonyl (C=O) groups is 1. The van der Waals surface area contributed by atoms with E-state index in [9.17, 15) is 4.79 Å². The normalized spacial score (nSPS) is 22.0. The summed E-state index contributed by atoms with van der Waals surface area (Å²) in [5, 5.41) is 0. The van der Waals surface area contributed by atoms with Gasteiger partial charge >= 0.3 is 6.09 Å². The smallest absolute Gasteiger partial charge is 0.410 e. The molecular formula is C16H25N3O3. The maximum Gasteiger partial charge on any atom is 0.410 e. The van der Waals surface area contributed by atoms with Crippen molar-refractivity contribution in [3.05, 3.63) is 29.6 Å². The molecule has 0 aliphatic carbocycles. The van der Waals surface area contributed by atoms with Gasteiger partial charge in [-0.15, -0.1) is 0 Å². The van der Waals surface area contributed by atoms with E-state index in [1.807, 2.05) is 32.9 Å². The van der Waals surface area contributed by atoms with E-state index in [-0.39, 0.29) is 18.2 Å². The van der Waals surface area contributed by atoms with Crippen LogP contribution in [-0.4, -0.2) is 41.3 Å². The van der Waals surface area contributed by atoms with Gasteiger partial charge in [-0.1, -0.05) is 6.07 Å². The first kappa shape index (κ1) is 16.7. The molecule has 0 aromatic carbocycles. The van der Waals surface area contributed by atoms with Gasteiger partial charge in [0, 0.05) is 26.3 Å². The van der Waals surface area contributed by atoms with Crippen molar-refractivity contribution in [2.24, 2.45) is 5.73 Å². The van der Waals surface area contributed by atoms with Crippen LogP contribution in [0.5, 0.6) is 0 Å². The van der Waals surface area contributed by atoms with Crippen molar-refractivity contribution in [3.63, 3.8) is 0 Å². The number of amides is 1. The third-order valence-electron chi connectivity index (χ3n) is 3.70. The molecule has 1 aliphatic rings. The zero-order chi connectivity index (χ0) is 16.3. The molecule has 0 unspecified atom stereocenters. The Kier molecular flexibility index (Phi) is 5.03. The number of pyridine rings is 1. The van der Waals surface area contributed by atoms with Crippen molar-refractivity contribution in [2.45, 2.75) is 51.5 Å². The zero-order valence-electron chi connectivity index (χ0n) is 13.7. The molecule has 122 valence electrons. The number of ether oxygens (including phenoxy) is 2. The molecule has 1 aliphatic heterocycles. The number of hydrogen-bond donors (Lipinski definition) is 1. The Bertz CT molecular complexity index is 528. The first-order chi connectivity index (χ1) is 10.4. The molecule has 2 rings (SSSR count). The predicted octanol–water partition coefficient (Wildman–Crippen LogP) is 2.24. The van der Waals surface area contributed by atoms with Gasteiger partial charge in [0.1, 0.15) is 5.60 Å². The third-order valence-corrected chi connectivity index (χ3v) is 3.70. The van der Waals surface area contributed by atoms with Crippen LogP contribution in [0.25, 0.3) is 0 Å². The fourth-order valence-corrected chi connectivity index (χ4v) is 2.71. The molecule has 1 fully saturated rings. The lowest BCUT2D eigenvalue weighted by atomic mass is 10.0. The average Bonchev–Trinajstić information content (AvgIpc) is 2.89. The summed E-state index contributed by atoms with van der Waals surface area (Å²) in [4.78, 5) is 18.5. The summed E-state index contributed by atoms with van der Waals surface area (Å²) in [7, 11) is 1.66. The number of aromatic nitrogens is 1. The maximum atomic E-state index is 12.5. The van der Waals surface area contributed by atoms with E-state index in [0.29, 0.717) is 19.5 Å². The molecule has 22 heavy (non-hydrogen) atoms. The van der Waals surface area contributed by atoms with Crippen LogP contribution in [0.3, 0.4) is 0 Å². The summed E-state index contributed by atoms with van der Waals surface area (Å²) in [6.45, 7) is 6.43. The molecule has 2 heterocycles. The van der Waals surface area contributed by atoms with E-state index in [1.54, 1.807) is 18.2 Å². The summed E-state index contributed by atoms with van der Waals surface area (Å²) >= 11 is 0. The molecule has 2 atom stereocenters. The Morgan fingerprint density at radius 3 is 2.82 bits per heavy atom. The van der Waals surface area contributed by atoms with Crippen LogP contribution < -0.4 is 5.73 Å². The van der Waals surface area contributed by atoms with Crippen molar-refractivity contribution in [1.82, 2.24) is 9.88 Å². The standard InChI is InChI=1S/C16H25N3O3/c1-16(2,3)22-15(20)19-10-11(21-4)8-14(19)12-6-5-7-18-13(12)9-17/h5-7,11,14H,8-10,17H2,1-4H3/t11-,14-/m0/s1. The lowest BCUT2D eigenvalue weighted by Crippen LogP contribution is -2.37. The molecule has 1 amide bonds. The Hall–Kier alpha value is -1.66. The van der Waals surface area contributed by atoms with E-state index in [0.717, 1.165) is 11.3 Å². The zero-order valence-corrected chi connectivity index (χ0v) is 13.7. The van der Waals surface area contributed by atoms with E-state index in [1.165, 1.54) is 0 Å². The minimum Gasteiger partial charge on any atom is -0.444 e. The third kappa shape index (κ3) is 3.75. The van der Waals surface area contributed by atoms with E-state index in [2.05, 4.69) is 4.98 Å². The maximum absolute atomic E-state index is 12.5. The van der Waals surface area contributed by atoms with Gasteiger partial charge in [0.05, 0.1) is 24.4 Å². The van der Waals surface area contributed by atoms with Gasteiger partial charge in [0.15, 0.2) is 0 Å². The molecule has 6 nitrogen and oxygen atoms in total. The Morgan fingerprint density at radius 1 is 1.50 bits per heavy atom. The highest BCUT2D eigenvalue weighted by Crippen LogP contribution is 2.35. The van der Waals surface area contributed by atoms with E-state index in [4.69, 9.17) is 15.2 Å². The number of hydrogen-bond acceptors (Lipinski definition) is 5. The van der Waals surface area contributed by atoms with Crippen molar-refractivity contribution in [1.29, 1.82) is 0 Å². The van der Waals surface area contributed by atoms with Gasteiger partial charge in [-0.05, 0) is 32.4 Å². The van der Waals surface area contributed by atoms with Crippen LogP contribution in [-0.2, 0) is 16.0 Å². The van der Waals surface area contributed by atoms with Crippen molar-refractivity contribution in [3.8, 4) is 0 Å². The summed E-state index contributed by atoms with van der Waals surface area (Å²) in [5.41, 5.74) is 7.02. The average molecular weight is 307 g/mol. The highest BCUT2D eigenvalue weighted by molar-refractivity contribution is 5.69. The number of nitrogens with zero attached hydrogens (tertiary/aromatic N) is 2. The Morgan fingerprint density at radius 2 is 2.23 bits per heavy atom. The Labute approximate surface area is 131 Å². The number of likely N-dealkylation sites (tertiary alicyclic amines) is 1. The van der Waals surface area contributed by atoms with Crippen LogP contribution in [0, 0.1) is 0 Å². The largest absolute Gasteiger partial charge is 0.444 e. The van der Waals surface area contributed by atoms with Crippen LogP contribution in [0.2, 0.25) is 0 Å². The van der Waals surface area contributed by atoms with Crippen molar-refractivity contribution >= 4 is 6.09 Å². The van der Waals surface area contributed by atoms with Crippen LogP contribution in [0.15, 0.2) is 18.3 Å². The molecule has 1 saturated heterocycles. The van der Waals surface area contributed by atoms with Crippen LogP contribution in [0.1, 0.15) is 44.5 Å². The lowest BCUT2D eigenvalue weighted by Gasteiger charge is -2.29. The van der Waals surface area contributed by atoms with Gasteiger partial charge in [-0.25, -0.2) is 4.79 Å². The van der Waals surface area contributed by atoms with Gasteiger partial charge < -0.3 is 15.2 Å². The topological polar surface area (TPSA) is 77.7 Å². The first-order valence-corrected chi connectivity index (χ1v) is 7.52. The van der Waals surface area contributed by atoms with Crippen LogP contribution >= 0.6 is 0 Å². The second-order valence-electron chi connectivity index (χ2n) is 6.49. The minimum atomic E-state index is -0.529. The summed E-state index contributed by atoms with van der Waals surface area (Å²) in [6.07, 6.45) is 2.09. The molecular weight excluding hydrogens is 282 g/mol. The minimum absolute atomic E-state index is 0.0108. The number of nitrogens with two attached hydrogens (primary N) is 1. The number of methoxy groups -OCH3 is 1. The molecule has 0 saturated carbocycles. The van der Waals surface area contributed by atoms with Gasteiger partial charge in [0.25, 0.3) is 0 Å². The summed E-state index contributed by atoms with van der Waals surface area (Å²) < 4.78 is 11.0. The second-order valence-corrected chi connectivity index (χ2v) is 6.49. The fraction of sp³-hybridized carbons (Fsp3) is 0.625. The second kappa shape index (κ2) is 6.62. The molecule has 1 aromatic heterocycles. The number of carbonyl (C=O) groups excluding carboxylic acids is 1. The highest BCUT2D eigenvalue weighted by atomic mass is 16.6. The quantitative estimate of drug-likeness (QED) is 0.926. The molecule has 6 heteroatoms. The SMILES string of the molecule is CO[C@H]1C[C@@H](c2cccnc2CN)N(C(=O)OC(C)(C)C)C1. The van der Waals surface area contributed by atoms with Gasteiger partial charge in [-0.2, -0.15) is 0 Å². The van der Waals surface area contributed by atoms with Crippen molar-refractivity contribution in [2.75, 3.05) is 13.7 Å². The van der Waals surface area contributed by atoms with Gasteiger partial charge in [-0.3, -0.25) is 9.88 Å². The fourth-order valence-electron chi connectivity index (χ4n) is 2.71. The predicted molar refractivity (Wildman–Crippen MR) is 83.2 cm³/mol.